The molecule has 0 radical (unpaired) electrons. The quantitative estimate of drug-likeness (QED) is 0.369. The van der Waals surface area contributed by atoms with Gasteiger partial charge in [-0.2, -0.15) is 0 Å². The predicted octanol–water partition coefficient (Wildman–Crippen LogP) is 0.320. The highest BCUT2D eigenvalue weighted by atomic mass is 16.5. The smallest absolute Gasteiger partial charge is 0.233 e. The Labute approximate surface area is 72.7 Å². The second-order valence-corrected chi connectivity index (χ2v) is 3.17. The van der Waals surface area contributed by atoms with Crippen LogP contribution in [0.2, 0.25) is 0 Å². The first-order valence-corrected chi connectivity index (χ1v) is 4.46. The van der Waals surface area contributed by atoms with Crippen molar-refractivity contribution in [2.24, 2.45) is 0 Å². The van der Waals surface area contributed by atoms with Gasteiger partial charge in [0.2, 0.25) is 6.41 Å². The maximum atomic E-state index is 9.99. The third kappa shape index (κ3) is 3.19. The summed E-state index contributed by atoms with van der Waals surface area (Å²) in [6, 6.07) is 0. The second-order valence-electron chi connectivity index (χ2n) is 3.17. The fourth-order valence-corrected chi connectivity index (χ4v) is 1.52. The van der Waals surface area contributed by atoms with E-state index in [-0.39, 0.29) is 0 Å². The maximum Gasteiger partial charge on any atom is 0.233 e. The van der Waals surface area contributed by atoms with Gasteiger partial charge in [-0.15, -0.1) is 0 Å². The minimum absolute atomic E-state index is 0.444. The van der Waals surface area contributed by atoms with E-state index in [2.05, 4.69) is 4.90 Å². The summed E-state index contributed by atoms with van der Waals surface area (Å²) in [4.78, 5) is 12.4. The Morgan fingerprint density at radius 3 is 2.67 bits per heavy atom. The lowest BCUT2D eigenvalue weighted by Crippen LogP contribution is -2.25. The number of hydroxylamine groups is 2. The molecule has 0 aromatic carbocycles. The Balaban J connectivity index is 1.97. The van der Waals surface area contributed by atoms with E-state index in [0.717, 1.165) is 13.0 Å². The number of hydrogen-bond acceptors (Lipinski definition) is 3. The van der Waals surface area contributed by atoms with Crippen LogP contribution in [0, 0.1) is 0 Å². The zero-order valence-corrected chi connectivity index (χ0v) is 7.28. The molecule has 0 atom stereocenters. The highest BCUT2D eigenvalue weighted by Crippen LogP contribution is 2.07. The zero-order chi connectivity index (χ0) is 8.81. The lowest BCUT2D eigenvalue weighted by Gasteiger charge is -2.15. The van der Waals surface area contributed by atoms with Crippen molar-refractivity contribution < 1.29 is 10.0 Å². The van der Waals surface area contributed by atoms with Gasteiger partial charge in [-0.1, -0.05) is 0 Å². The van der Waals surface area contributed by atoms with Crippen LogP contribution < -0.4 is 0 Å². The Morgan fingerprint density at radius 1 is 1.42 bits per heavy atom. The maximum absolute atomic E-state index is 9.99. The summed E-state index contributed by atoms with van der Waals surface area (Å²) < 4.78 is 0. The van der Waals surface area contributed by atoms with E-state index in [1.54, 1.807) is 0 Å². The Bertz CT molecular complexity index is 135. The van der Waals surface area contributed by atoms with Crippen LogP contribution in [-0.4, -0.2) is 47.8 Å². The van der Waals surface area contributed by atoms with Gasteiger partial charge in [0.05, 0.1) is 0 Å². The summed E-state index contributed by atoms with van der Waals surface area (Å²) in [5.41, 5.74) is 0. The van der Waals surface area contributed by atoms with E-state index in [1.807, 2.05) is 0 Å². The highest BCUT2D eigenvalue weighted by molar-refractivity contribution is 5.44. The zero-order valence-electron chi connectivity index (χ0n) is 7.28. The van der Waals surface area contributed by atoms with Gasteiger partial charge >= 0.3 is 0 Å². The van der Waals surface area contributed by atoms with Crippen LogP contribution in [0.4, 0.5) is 0 Å². The minimum atomic E-state index is 0.444. The summed E-state index contributed by atoms with van der Waals surface area (Å²) in [6.07, 6.45) is 3.88. The van der Waals surface area contributed by atoms with Crippen molar-refractivity contribution in [3.63, 3.8) is 0 Å². The van der Waals surface area contributed by atoms with E-state index in [0.29, 0.717) is 18.0 Å². The molecule has 1 aliphatic rings. The predicted molar refractivity (Wildman–Crippen MR) is 44.8 cm³/mol. The Hall–Kier alpha value is -0.610. The van der Waals surface area contributed by atoms with Crippen LogP contribution >= 0.6 is 0 Å². The molecule has 4 nitrogen and oxygen atoms in total. The van der Waals surface area contributed by atoms with Gasteiger partial charge in [-0.25, -0.2) is 5.06 Å². The molecule has 1 rings (SSSR count). The van der Waals surface area contributed by atoms with E-state index in [4.69, 9.17) is 5.21 Å². The van der Waals surface area contributed by atoms with Crippen LogP contribution in [0.15, 0.2) is 0 Å². The normalized spacial score (nSPS) is 18.1. The third-order valence-electron chi connectivity index (χ3n) is 2.18. The van der Waals surface area contributed by atoms with Gasteiger partial charge in [-0.05, 0) is 38.9 Å². The molecule has 1 amide bonds. The van der Waals surface area contributed by atoms with Crippen LogP contribution in [-0.2, 0) is 4.79 Å². The van der Waals surface area contributed by atoms with Gasteiger partial charge in [-0.3, -0.25) is 10.0 Å². The fourth-order valence-electron chi connectivity index (χ4n) is 1.52. The number of likely N-dealkylation sites (tertiary alicyclic amines) is 1. The van der Waals surface area contributed by atoms with E-state index in [9.17, 15) is 4.79 Å². The van der Waals surface area contributed by atoms with Gasteiger partial charge in [0.15, 0.2) is 0 Å². The molecule has 1 N–H and O–H groups in total. The van der Waals surface area contributed by atoms with E-state index >= 15 is 0 Å². The van der Waals surface area contributed by atoms with Crippen molar-refractivity contribution in [2.45, 2.75) is 19.3 Å². The monoisotopic (exact) mass is 172 g/mol. The number of rotatable bonds is 5. The van der Waals surface area contributed by atoms with Crippen molar-refractivity contribution in [3.05, 3.63) is 0 Å². The second kappa shape index (κ2) is 5.11. The molecule has 1 aliphatic heterocycles. The molecule has 1 fully saturated rings. The van der Waals surface area contributed by atoms with E-state index < -0.39 is 0 Å². The molecule has 0 unspecified atom stereocenters. The van der Waals surface area contributed by atoms with E-state index in [1.165, 1.54) is 25.9 Å². The number of carbonyl (C=O) groups excluding carboxylic acids is 1. The number of hydrogen-bond donors (Lipinski definition) is 1. The van der Waals surface area contributed by atoms with Crippen molar-refractivity contribution in [2.75, 3.05) is 26.2 Å². The summed E-state index contributed by atoms with van der Waals surface area (Å²) in [5.74, 6) is 0. The minimum Gasteiger partial charge on any atom is -0.303 e. The molecule has 1 saturated heterocycles. The lowest BCUT2D eigenvalue weighted by molar-refractivity contribution is -0.149. The molecule has 0 aromatic rings. The molecule has 4 heteroatoms. The van der Waals surface area contributed by atoms with Crippen LogP contribution in [0.25, 0.3) is 0 Å². The molecule has 1 heterocycles. The molecule has 0 spiro atoms. The largest absolute Gasteiger partial charge is 0.303 e. The van der Waals surface area contributed by atoms with Gasteiger partial charge in [0, 0.05) is 6.54 Å². The number of carbonyl (C=O) groups is 1. The molecule has 12 heavy (non-hydrogen) atoms. The molecule has 70 valence electrons. The SMILES string of the molecule is O=CN(O)CCCN1CCCC1. The average Bonchev–Trinajstić information content (AvgIpc) is 2.57. The molecule has 0 aliphatic carbocycles. The lowest BCUT2D eigenvalue weighted by atomic mass is 10.4. The summed E-state index contributed by atoms with van der Waals surface area (Å²) in [7, 11) is 0. The van der Waals surface area contributed by atoms with Crippen LogP contribution in [0.5, 0.6) is 0 Å². The third-order valence-corrected chi connectivity index (χ3v) is 2.18. The number of amides is 1. The number of nitrogens with zero attached hydrogens (tertiary/aromatic N) is 2. The topological polar surface area (TPSA) is 43.8 Å². The Morgan fingerprint density at radius 2 is 2.08 bits per heavy atom. The summed E-state index contributed by atoms with van der Waals surface area (Å²) in [5, 5.41) is 9.48. The van der Waals surface area contributed by atoms with Crippen molar-refractivity contribution >= 4 is 6.41 Å². The molecular formula is C8H16N2O2. The molecule has 0 aromatic heterocycles. The first kappa shape index (κ1) is 9.48. The van der Waals surface area contributed by atoms with Crippen molar-refractivity contribution in [1.82, 2.24) is 9.96 Å². The first-order valence-electron chi connectivity index (χ1n) is 4.46. The first-order chi connectivity index (χ1) is 5.83. The molecule has 0 bridgehead atoms. The fraction of sp³-hybridized carbons (Fsp3) is 0.875. The van der Waals surface area contributed by atoms with Crippen molar-refractivity contribution in [1.29, 1.82) is 0 Å². The standard InChI is InChI=1S/C8H16N2O2/c11-8-10(12)7-3-6-9-4-1-2-5-9/h8,12H,1-7H2. The van der Waals surface area contributed by atoms with Gasteiger partial charge < -0.3 is 4.90 Å². The summed E-state index contributed by atoms with van der Waals surface area (Å²) in [6.45, 7) is 3.78. The molecular weight excluding hydrogens is 156 g/mol. The summed E-state index contributed by atoms with van der Waals surface area (Å²) >= 11 is 0. The van der Waals surface area contributed by atoms with Crippen LogP contribution in [0.3, 0.4) is 0 Å². The van der Waals surface area contributed by atoms with Gasteiger partial charge in [0.25, 0.3) is 0 Å². The van der Waals surface area contributed by atoms with Gasteiger partial charge in [0.1, 0.15) is 0 Å². The molecule has 0 saturated carbocycles. The average molecular weight is 172 g/mol. The Kier molecular flexibility index (Phi) is 4.04. The van der Waals surface area contributed by atoms with Crippen molar-refractivity contribution in [3.8, 4) is 0 Å². The highest BCUT2D eigenvalue weighted by Gasteiger charge is 2.10. The van der Waals surface area contributed by atoms with Crippen LogP contribution in [0.1, 0.15) is 19.3 Å².